The highest BCUT2D eigenvalue weighted by atomic mass is 79.9. The molecule has 1 N–H and O–H groups in total. The van der Waals surface area contributed by atoms with E-state index in [0.717, 1.165) is 9.35 Å². The van der Waals surface area contributed by atoms with Crippen molar-refractivity contribution >= 4 is 44.0 Å². The van der Waals surface area contributed by atoms with Gasteiger partial charge in [0.2, 0.25) is 5.91 Å². The lowest BCUT2D eigenvalue weighted by Gasteiger charge is -2.07. The van der Waals surface area contributed by atoms with Gasteiger partial charge in [0.25, 0.3) is 0 Å². The summed E-state index contributed by atoms with van der Waals surface area (Å²) in [5, 5.41) is 4.71. The van der Waals surface area contributed by atoms with E-state index in [2.05, 4.69) is 21.2 Å². The minimum atomic E-state index is -1.14. The van der Waals surface area contributed by atoms with Gasteiger partial charge in [0, 0.05) is 26.7 Å². The molecule has 0 aliphatic heterocycles. The van der Waals surface area contributed by atoms with Gasteiger partial charge in [-0.25, -0.2) is 0 Å². The summed E-state index contributed by atoms with van der Waals surface area (Å²) in [5.74, 6) is 0.799. The minimum Gasteiger partial charge on any atom is -0.355 e. The fourth-order valence-corrected chi connectivity index (χ4v) is 4.21. The molecule has 1 heterocycles. The molecule has 0 saturated carbocycles. The van der Waals surface area contributed by atoms with Crippen LogP contribution in [0.1, 0.15) is 18.7 Å². The van der Waals surface area contributed by atoms with Gasteiger partial charge < -0.3 is 5.32 Å². The maximum Gasteiger partial charge on any atom is 0.232 e. The predicted molar refractivity (Wildman–Crippen MR) is 76.6 cm³/mol. The zero-order chi connectivity index (χ0) is 12.8. The number of carbonyl (C=O) groups is 1. The fraction of sp³-hybridized carbons (Fsp3) is 0.545. The molecule has 0 radical (unpaired) electrons. The van der Waals surface area contributed by atoms with Crippen molar-refractivity contribution in [1.29, 1.82) is 0 Å². The summed E-state index contributed by atoms with van der Waals surface area (Å²) in [6.07, 6.45) is 0. The predicted octanol–water partition coefficient (Wildman–Crippen LogP) is 2.53. The van der Waals surface area contributed by atoms with Crippen LogP contribution in [0.25, 0.3) is 0 Å². The second kappa shape index (κ2) is 7.28. The summed E-state index contributed by atoms with van der Waals surface area (Å²) in [6, 6.07) is 1.93. The van der Waals surface area contributed by atoms with Crippen LogP contribution in [-0.4, -0.2) is 22.4 Å². The molecule has 0 saturated heterocycles. The Hall–Kier alpha value is -0.200. The first-order valence-corrected chi connectivity index (χ1v) is 8.48. The molecule has 0 fully saturated rings. The van der Waals surface area contributed by atoms with E-state index in [0.29, 0.717) is 18.2 Å². The van der Waals surface area contributed by atoms with Crippen LogP contribution in [0.15, 0.2) is 15.9 Å². The van der Waals surface area contributed by atoms with Crippen LogP contribution in [0.5, 0.6) is 0 Å². The Labute approximate surface area is 117 Å². The van der Waals surface area contributed by atoms with Crippen LogP contribution >= 0.6 is 27.3 Å². The minimum absolute atomic E-state index is 0.0804. The van der Waals surface area contributed by atoms with Crippen molar-refractivity contribution in [2.45, 2.75) is 19.6 Å². The average Bonchev–Trinajstić information content (AvgIpc) is 2.61. The number of carbonyl (C=O) groups excluding carboxylic acids is 1. The lowest BCUT2D eigenvalue weighted by molar-refractivity contribution is -0.118. The molecule has 1 atom stereocenters. The van der Waals surface area contributed by atoms with Gasteiger partial charge in [-0.2, -0.15) is 0 Å². The Balaban J connectivity index is 2.35. The second-order valence-corrected chi connectivity index (χ2v) is 7.43. The summed E-state index contributed by atoms with van der Waals surface area (Å²) in [5.41, 5.74) is 0. The normalized spacial score (nSPS) is 12.7. The van der Waals surface area contributed by atoms with Crippen molar-refractivity contribution in [1.82, 2.24) is 5.32 Å². The van der Waals surface area contributed by atoms with Gasteiger partial charge in [0.1, 0.15) is 5.75 Å². The van der Waals surface area contributed by atoms with E-state index >= 15 is 0 Å². The fourth-order valence-electron chi connectivity index (χ4n) is 1.14. The van der Waals surface area contributed by atoms with Gasteiger partial charge in [0.15, 0.2) is 0 Å². The zero-order valence-corrected chi connectivity index (χ0v) is 13.1. The van der Waals surface area contributed by atoms with Crippen LogP contribution < -0.4 is 5.32 Å². The van der Waals surface area contributed by atoms with E-state index in [4.69, 9.17) is 0 Å². The molecule has 1 rings (SSSR count). The first-order valence-electron chi connectivity index (χ1n) is 5.32. The van der Waals surface area contributed by atoms with Crippen LogP contribution in [0.3, 0.4) is 0 Å². The third kappa shape index (κ3) is 5.79. The van der Waals surface area contributed by atoms with Crippen molar-refractivity contribution in [2.24, 2.45) is 5.92 Å². The Kier molecular flexibility index (Phi) is 6.37. The molecule has 96 valence electrons. The van der Waals surface area contributed by atoms with Gasteiger partial charge >= 0.3 is 0 Å². The highest BCUT2D eigenvalue weighted by molar-refractivity contribution is 9.10. The molecule has 1 amide bonds. The van der Waals surface area contributed by atoms with Crippen molar-refractivity contribution in [3.63, 3.8) is 0 Å². The topological polar surface area (TPSA) is 46.2 Å². The summed E-state index contributed by atoms with van der Waals surface area (Å²) >= 11 is 4.94. The number of thiophene rings is 1. The molecule has 17 heavy (non-hydrogen) atoms. The lowest BCUT2D eigenvalue weighted by Crippen LogP contribution is -2.31. The molecule has 0 aliphatic rings. The summed E-state index contributed by atoms with van der Waals surface area (Å²) in [6.45, 7) is 4.69. The van der Waals surface area contributed by atoms with E-state index in [1.54, 1.807) is 11.3 Å². The molecule has 0 bridgehead atoms. The van der Waals surface area contributed by atoms with Gasteiger partial charge in [-0.3, -0.25) is 9.00 Å². The summed E-state index contributed by atoms with van der Waals surface area (Å²) in [4.78, 5) is 12.5. The van der Waals surface area contributed by atoms with Gasteiger partial charge in [0.05, 0.1) is 5.75 Å². The number of nitrogens with one attached hydrogen (secondary N) is 1. The van der Waals surface area contributed by atoms with E-state index in [1.807, 2.05) is 25.3 Å². The van der Waals surface area contributed by atoms with Crippen molar-refractivity contribution < 1.29 is 9.00 Å². The van der Waals surface area contributed by atoms with Crippen LogP contribution in [0.4, 0.5) is 0 Å². The van der Waals surface area contributed by atoms with Gasteiger partial charge in [-0.1, -0.05) is 13.8 Å². The number of rotatable bonds is 6. The van der Waals surface area contributed by atoms with Crippen molar-refractivity contribution in [3.8, 4) is 0 Å². The zero-order valence-electron chi connectivity index (χ0n) is 9.86. The maximum atomic E-state index is 11.8. The molecule has 1 unspecified atom stereocenters. The van der Waals surface area contributed by atoms with Gasteiger partial charge in [-0.15, -0.1) is 11.3 Å². The largest absolute Gasteiger partial charge is 0.355 e. The van der Waals surface area contributed by atoms with Crippen molar-refractivity contribution in [2.75, 3.05) is 12.3 Å². The van der Waals surface area contributed by atoms with Crippen LogP contribution in [0.2, 0.25) is 0 Å². The molecule has 6 heteroatoms. The highest BCUT2D eigenvalue weighted by Gasteiger charge is 2.11. The molecule has 3 nitrogen and oxygen atoms in total. The summed E-state index contributed by atoms with van der Waals surface area (Å²) in [7, 11) is -1.14. The first-order chi connectivity index (χ1) is 7.99. The van der Waals surface area contributed by atoms with E-state index < -0.39 is 10.8 Å². The Morgan fingerprint density at radius 1 is 1.59 bits per heavy atom. The second-order valence-electron chi connectivity index (χ2n) is 4.12. The molecule has 0 aromatic carbocycles. The summed E-state index contributed by atoms with van der Waals surface area (Å²) < 4.78 is 12.7. The Morgan fingerprint density at radius 2 is 2.29 bits per heavy atom. The molecule has 0 spiro atoms. The molecule has 1 aromatic heterocycles. The Morgan fingerprint density at radius 3 is 2.82 bits per heavy atom. The van der Waals surface area contributed by atoms with Crippen LogP contribution in [0, 0.1) is 5.92 Å². The van der Waals surface area contributed by atoms with E-state index in [9.17, 15) is 9.00 Å². The van der Waals surface area contributed by atoms with Crippen LogP contribution in [-0.2, 0) is 21.3 Å². The number of halogens is 1. The smallest absolute Gasteiger partial charge is 0.232 e. The Bertz CT molecular complexity index is 404. The SMILES string of the molecule is CC(C)CNC(=O)CS(=O)Cc1sccc1Br. The van der Waals surface area contributed by atoms with E-state index in [-0.39, 0.29) is 11.7 Å². The third-order valence-corrected chi connectivity index (χ3v) is 5.29. The molecule has 1 aromatic rings. The van der Waals surface area contributed by atoms with Crippen molar-refractivity contribution in [3.05, 3.63) is 20.8 Å². The monoisotopic (exact) mass is 337 g/mol. The number of hydrogen-bond acceptors (Lipinski definition) is 3. The molecular formula is C11H16BrNO2S2. The number of hydrogen-bond donors (Lipinski definition) is 1. The molecular weight excluding hydrogens is 322 g/mol. The van der Waals surface area contributed by atoms with E-state index in [1.165, 1.54) is 0 Å². The first kappa shape index (κ1) is 14.9. The maximum absolute atomic E-state index is 11.8. The standard InChI is InChI=1S/C11H16BrNO2S2/c1-8(2)5-13-11(14)7-17(15)6-10-9(12)3-4-16-10/h3-4,8H,5-7H2,1-2H3,(H,13,14). The molecule has 0 aliphatic carbocycles. The third-order valence-electron chi connectivity index (χ3n) is 1.98. The van der Waals surface area contributed by atoms with Gasteiger partial charge in [-0.05, 0) is 33.3 Å². The highest BCUT2D eigenvalue weighted by Crippen LogP contribution is 2.23. The number of amides is 1. The quantitative estimate of drug-likeness (QED) is 0.866. The average molecular weight is 338 g/mol. The lowest BCUT2D eigenvalue weighted by atomic mass is 10.2.